The molecule has 0 radical (unpaired) electrons. The van der Waals surface area contributed by atoms with Gasteiger partial charge in [-0.05, 0) is 42.0 Å². The predicted octanol–water partition coefficient (Wildman–Crippen LogP) is 3.82. The molecule has 0 aliphatic rings. The maximum Gasteiger partial charge on any atom is 0.253 e. The quantitative estimate of drug-likeness (QED) is 0.544. The lowest BCUT2D eigenvalue weighted by Gasteiger charge is -2.15. The maximum absolute atomic E-state index is 12.5. The fourth-order valence-corrected chi connectivity index (χ4v) is 3.95. The SMILES string of the molecule is CN(C)S(=O)(=O)c1ccccc1CNC(=O)c1ccc(Oc2ccc(Br)cc2)nc1. The Hall–Kier alpha value is -2.75. The van der Waals surface area contributed by atoms with Gasteiger partial charge in [-0.3, -0.25) is 4.79 Å². The third-order valence-corrected chi connectivity index (χ3v) is 6.65. The Morgan fingerprint density at radius 3 is 2.40 bits per heavy atom. The molecule has 0 fully saturated rings. The molecule has 7 nitrogen and oxygen atoms in total. The van der Waals surface area contributed by atoms with E-state index < -0.39 is 10.0 Å². The molecule has 0 saturated heterocycles. The van der Waals surface area contributed by atoms with Crippen LogP contribution in [0.25, 0.3) is 0 Å². The van der Waals surface area contributed by atoms with Gasteiger partial charge in [-0.2, -0.15) is 0 Å². The van der Waals surface area contributed by atoms with Crippen LogP contribution in [-0.4, -0.2) is 37.7 Å². The Morgan fingerprint density at radius 2 is 1.77 bits per heavy atom. The average Bonchev–Trinajstić information content (AvgIpc) is 2.74. The minimum absolute atomic E-state index is 0.0687. The highest BCUT2D eigenvalue weighted by Gasteiger charge is 2.21. The number of rotatable bonds is 7. The average molecular weight is 490 g/mol. The number of nitrogens with zero attached hydrogens (tertiary/aromatic N) is 2. The second kappa shape index (κ2) is 9.38. The molecule has 156 valence electrons. The van der Waals surface area contributed by atoms with Crippen LogP contribution in [0, 0.1) is 0 Å². The van der Waals surface area contributed by atoms with Crippen LogP contribution in [0.1, 0.15) is 15.9 Å². The number of benzene rings is 2. The van der Waals surface area contributed by atoms with Crippen molar-refractivity contribution in [1.82, 2.24) is 14.6 Å². The monoisotopic (exact) mass is 489 g/mol. The molecule has 0 spiro atoms. The van der Waals surface area contributed by atoms with Crippen LogP contribution >= 0.6 is 15.9 Å². The number of hydrogen-bond acceptors (Lipinski definition) is 5. The minimum Gasteiger partial charge on any atom is -0.439 e. The van der Waals surface area contributed by atoms with Crippen molar-refractivity contribution in [3.63, 3.8) is 0 Å². The zero-order valence-corrected chi connectivity index (χ0v) is 18.8. The van der Waals surface area contributed by atoms with E-state index in [9.17, 15) is 13.2 Å². The van der Waals surface area contributed by atoms with Crippen LogP contribution in [0.4, 0.5) is 0 Å². The van der Waals surface area contributed by atoms with Gasteiger partial charge in [-0.25, -0.2) is 17.7 Å². The Bertz CT molecular complexity index is 1130. The first kappa shape index (κ1) is 21.9. The maximum atomic E-state index is 12.5. The molecular weight excluding hydrogens is 470 g/mol. The molecule has 1 heterocycles. The fourth-order valence-electron chi connectivity index (χ4n) is 2.57. The van der Waals surface area contributed by atoms with Crippen molar-refractivity contribution in [2.45, 2.75) is 11.4 Å². The van der Waals surface area contributed by atoms with E-state index in [0.29, 0.717) is 22.8 Å². The standard InChI is InChI=1S/C21H20BrN3O4S/c1-25(2)30(27,28)19-6-4-3-5-15(19)13-24-21(26)16-7-12-20(23-14-16)29-18-10-8-17(22)9-11-18/h3-12,14H,13H2,1-2H3,(H,24,26). The van der Waals surface area contributed by atoms with Crippen LogP contribution in [0.3, 0.4) is 0 Å². The molecule has 1 amide bonds. The molecule has 3 aromatic rings. The lowest BCUT2D eigenvalue weighted by molar-refractivity contribution is 0.0950. The van der Waals surface area contributed by atoms with Crippen LogP contribution in [0.15, 0.2) is 76.2 Å². The van der Waals surface area contributed by atoms with E-state index in [4.69, 9.17) is 4.74 Å². The topological polar surface area (TPSA) is 88.6 Å². The molecule has 0 aliphatic heterocycles. The fraction of sp³-hybridized carbons (Fsp3) is 0.143. The van der Waals surface area contributed by atoms with Gasteiger partial charge in [0.05, 0.1) is 10.5 Å². The Morgan fingerprint density at radius 1 is 1.07 bits per heavy atom. The van der Waals surface area contributed by atoms with Gasteiger partial charge in [0.15, 0.2) is 0 Å². The third-order valence-electron chi connectivity index (χ3n) is 4.21. The summed E-state index contributed by atoms with van der Waals surface area (Å²) in [5, 5.41) is 2.73. The lowest BCUT2D eigenvalue weighted by atomic mass is 10.2. The van der Waals surface area contributed by atoms with Crippen molar-refractivity contribution >= 4 is 31.9 Å². The van der Waals surface area contributed by atoms with E-state index in [0.717, 1.165) is 8.78 Å². The molecule has 0 unspecified atom stereocenters. The molecule has 0 saturated carbocycles. The van der Waals surface area contributed by atoms with Gasteiger partial charge in [0.1, 0.15) is 5.75 Å². The zero-order valence-electron chi connectivity index (χ0n) is 16.4. The first-order valence-corrected chi connectivity index (χ1v) is 11.2. The van der Waals surface area contributed by atoms with Gasteiger partial charge >= 0.3 is 0 Å². The Labute approximate surface area is 183 Å². The van der Waals surface area contributed by atoms with E-state index in [2.05, 4.69) is 26.2 Å². The van der Waals surface area contributed by atoms with E-state index >= 15 is 0 Å². The van der Waals surface area contributed by atoms with Gasteiger partial charge in [0.25, 0.3) is 5.91 Å². The molecule has 3 rings (SSSR count). The van der Waals surface area contributed by atoms with Gasteiger partial charge in [0, 0.05) is 37.4 Å². The van der Waals surface area contributed by atoms with Crippen LogP contribution in [-0.2, 0) is 16.6 Å². The molecular formula is C21H20BrN3O4S. The lowest BCUT2D eigenvalue weighted by Crippen LogP contribution is -2.27. The van der Waals surface area contributed by atoms with Crippen molar-refractivity contribution in [3.05, 3.63) is 82.5 Å². The molecule has 30 heavy (non-hydrogen) atoms. The largest absolute Gasteiger partial charge is 0.439 e. The summed E-state index contributed by atoms with van der Waals surface area (Å²) in [6.07, 6.45) is 1.41. The summed E-state index contributed by atoms with van der Waals surface area (Å²) in [5.74, 6) is 0.618. The summed E-state index contributed by atoms with van der Waals surface area (Å²) in [7, 11) is -0.675. The van der Waals surface area contributed by atoms with Gasteiger partial charge in [-0.15, -0.1) is 0 Å². The molecule has 0 aliphatic carbocycles. The highest BCUT2D eigenvalue weighted by atomic mass is 79.9. The van der Waals surface area contributed by atoms with Crippen LogP contribution < -0.4 is 10.1 Å². The molecule has 9 heteroatoms. The smallest absolute Gasteiger partial charge is 0.253 e. The minimum atomic E-state index is -3.61. The van der Waals surface area contributed by atoms with Crippen LogP contribution in [0.5, 0.6) is 11.6 Å². The number of pyridine rings is 1. The normalized spacial score (nSPS) is 11.3. The second-order valence-electron chi connectivity index (χ2n) is 6.52. The van der Waals surface area contributed by atoms with Crippen molar-refractivity contribution in [2.75, 3.05) is 14.1 Å². The number of amides is 1. The number of carbonyl (C=O) groups is 1. The van der Waals surface area contributed by atoms with Gasteiger partial charge < -0.3 is 10.1 Å². The summed E-state index contributed by atoms with van der Waals surface area (Å²) < 4.78 is 32.6. The number of halogens is 1. The molecule has 0 atom stereocenters. The highest BCUT2D eigenvalue weighted by Crippen LogP contribution is 2.22. The summed E-state index contributed by atoms with van der Waals surface area (Å²) in [5.41, 5.74) is 0.841. The van der Waals surface area contributed by atoms with E-state index in [-0.39, 0.29) is 17.3 Å². The second-order valence-corrected chi connectivity index (χ2v) is 9.55. The number of hydrogen-bond donors (Lipinski definition) is 1. The van der Waals surface area contributed by atoms with Crippen molar-refractivity contribution in [2.24, 2.45) is 0 Å². The molecule has 2 aromatic carbocycles. The number of nitrogens with one attached hydrogen (secondary N) is 1. The summed E-state index contributed by atoms with van der Waals surface area (Å²) in [6, 6.07) is 17.1. The Kier molecular flexibility index (Phi) is 6.86. The van der Waals surface area contributed by atoms with E-state index in [1.54, 1.807) is 42.5 Å². The van der Waals surface area contributed by atoms with Gasteiger partial charge in [0.2, 0.25) is 15.9 Å². The van der Waals surface area contributed by atoms with E-state index in [1.165, 1.54) is 26.4 Å². The van der Waals surface area contributed by atoms with Crippen molar-refractivity contribution in [3.8, 4) is 11.6 Å². The highest BCUT2D eigenvalue weighted by molar-refractivity contribution is 9.10. The number of sulfonamides is 1. The van der Waals surface area contributed by atoms with E-state index in [1.807, 2.05) is 12.1 Å². The zero-order chi connectivity index (χ0) is 21.7. The number of ether oxygens (including phenoxy) is 1. The van der Waals surface area contributed by atoms with Crippen LogP contribution in [0.2, 0.25) is 0 Å². The summed E-state index contributed by atoms with van der Waals surface area (Å²) in [4.78, 5) is 16.8. The Balaban J connectivity index is 1.67. The first-order chi connectivity index (χ1) is 14.3. The number of aromatic nitrogens is 1. The van der Waals surface area contributed by atoms with Crippen molar-refractivity contribution in [1.29, 1.82) is 0 Å². The third kappa shape index (κ3) is 5.24. The molecule has 0 bridgehead atoms. The summed E-state index contributed by atoms with van der Waals surface area (Å²) in [6.45, 7) is 0.0687. The molecule has 1 aromatic heterocycles. The molecule has 1 N–H and O–H groups in total. The number of carbonyl (C=O) groups excluding carboxylic acids is 1. The summed E-state index contributed by atoms with van der Waals surface area (Å²) >= 11 is 3.36. The predicted molar refractivity (Wildman–Crippen MR) is 117 cm³/mol. The van der Waals surface area contributed by atoms with Crippen molar-refractivity contribution < 1.29 is 17.9 Å². The van der Waals surface area contributed by atoms with Gasteiger partial charge in [-0.1, -0.05) is 34.1 Å². The first-order valence-electron chi connectivity index (χ1n) is 8.95.